The Morgan fingerprint density at radius 1 is 1.09 bits per heavy atom. The van der Waals surface area contributed by atoms with Gasteiger partial charge >= 0.3 is 12.2 Å². The molecule has 0 fully saturated rings. The summed E-state index contributed by atoms with van der Waals surface area (Å²) in [4.78, 5) is 24.1. The van der Waals surface area contributed by atoms with Gasteiger partial charge in [0.2, 0.25) is 5.90 Å². The number of hydrogen-bond donors (Lipinski definition) is 1. The van der Waals surface area contributed by atoms with Crippen molar-refractivity contribution < 1.29 is 28.5 Å². The van der Waals surface area contributed by atoms with Crippen LogP contribution in [-0.4, -0.2) is 62.6 Å². The highest BCUT2D eigenvalue weighted by atomic mass is 16.7. The quantitative estimate of drug-likeness (QED) is 0.286. The SMILES string of the molecule is C=CCOC(=O)OCCN(CC(=N)OCC)C(=O)OCC=C. The Morgan fingerprint density at radius 3 is 2.32 bits per heavy atom. The first-order chi connectivity index (χ1) is 10.5. The van der Waals surface area contributed by atoms with Crippen molar-refractivity contribution >= 4 is 18.1 Å². The second-order valence-electron chi connectivity index (χ2n) is 3.84. The molecule has 0 aromatic carbocycles. The average molecular weight is 314 g/mol. The summed E-state index contributed by atoms with van der Waals surface area (Å²) in [5.41, 5.74) is 0. The molecular formula is C14H22N2O6. The molecule has 0 unspecified atom stereocenters. The van der Waals surface area contributed by atoms with Crippen molar-refractivity contribution in [2.45, 2.75) is 6.92 Å². The molecule has 8 nitrogen and oxygen atoms in total. The van der Waals surface area contributed by atoms with E-state index in [1.807, 2.05) is 0 Å². The predicted molar refractivity (Wildman–Crippen MR) is 80.0 cm³/mol. The first kappa shape index (κ1) is 19.5. The minimum Gasteiger partial charge on any atom is -0.480 e. The first-order valence-electron chi connectivity index (χ1n) is 6.68. The Hall–Kier alpha value is -2.51. The molecule has 124 valence electrons. The summed E-state index contributed by atoms with van der Waals surface area (Å²) in [5.74, 6) is -0.0905. The highest BCUT2D eigenvalue weighted by Gasteiger charge is 2.18. The molecule has 0 aliphatic heterocycles. The van der Waals surface area contributed by atoms with Gasteiger partial charge in [-0.15, -0.1) is 0 Å². The van der Waals surface area contributed by atoms with Gasteiger partial charge in [0.25, 0.3) is 0 Å². The summed E-state index contributed by atoms with van der Waals surface area (Å²) < 4.78 is 19.3. The molecule has 0 aromatic heterocycles. The molecular weight excluding hydrogens is 292 g/mol. The maximum absolute atomic E-state index is 11.8. The third kappa shape index (κ3) is 9.40. The molecule has 0 bridgehead atoms. The highest BCUT2D eigenvalue weighted by molar-refractivity contribution is 5.80. The van der Waals surface area contributed by atoms with E-state index in [0.29, 0.717) is 6.61 Å². The van der Waals surface area contributed by atoms with E-state index in [2.05, 4.69) is 17.9 Å². The molecule has 0 atom stereocenters. The van der Waals surface area contributed by atoms with Gasteiger partial charge in [-0.1, -0.05) is 25.3 Å². The van der Waals surface area contributed by atoms with Crippen LogP contribution in [0.15, 0.2) is 25.3 Å². The van der Waals surface area contributed by atoms with E-state index < -0.39 is 12.2 Å². The molecule has 0 saturated carbocycles. The van der Waals surface area contributed by atoms with Crippen LogP contribution in [0.25, 0.3) is 0 Å². The third-order valence-corrected chi connectivity index (χ3v) is 2.14. The van der Waals surface area contributed by atoms with Crippen LogP contribution >= 0.6 is 0 Å². The number of nitrogens with one attached hydrogen (secondary N) is 1. The van der Waals surface area contributed by atoms with Gasteiger partial charge in [-0.3, -0.25) is 10.3 Å². The Kier molecular flexibility index (Phi) is 10.9. The van der Waals surface area contributed by atoms with Crippen LogP contribution in [0.5, 0.6) is 0 Å². The molecule has 0 spiro atoms. The average Bonchev–Trinajstić information content (AvgIpc) is 2.49. The Bertz CT molecular complexity index is 397. The normalized spacial score (nSPS) is 9.32. The molecule has 22 heavy (non-hydrogen) atoms. The number of rotatable bonds is 10. The van der Waals surface area contributed by atoms with Crippen LogP contribution in [0.2, 0.25) is 0 Å². The van der Waals surface area contributed by atoms with Crippen molar-refractivity contribution in [3.8, 4) is 0 Å². The van der Waals surface area contributed by atoms with Gasteiger partial charge in [-0.05, 0) is 6.92 Å². The second kappa shape index (κ2) is 12.2. The lowest BCUT2D eigenvalue weighted by Crippen LogP contribution is -2.39. The summed E-state index contributed by atoms with van der Waals surface area (Å²) in [6.45, 7) is 8.81. The summed E-state index contributed by atoms with van der Waals surface area (Å²) in [5, 5.41) is 7.57. The zero-order valence-electron chi connectivity index (χ0n) is 12.7. The largest absolute Gasteiger partial charge is 0.508 e. The molecule has 8 heteroatoms. The number of nitrogens with zero attached hydrogens (tertiary/aromatic N) is 1. The molecule has 0 aromatic rings. The van der Waals surface area contributed by atoms with E-state index >= 15 is 0 Å². The van der Waals surface area contributed by atoms with Crippen LogP contribution < -0.4 is 0 Å². The molecule has 0 heterocycles. The minimum absolute atomic E-state index is 0.0363. The van der Waals surface area contributed by atoms with E-state index in [9.17, 15) is 9.59 Å². The van der Waals surface area contributed by atoms with Crippen LogP contribution in [0.3, 0.4) is 0 Å². The van der Waals surface area contributed by atoms with Crippen molar-refractivity contribution in [2.75, 3.05) is 39.5 Å². The predicted octanol–water partition coefficient (Wildman–Crippen LogP) is 1.96. The van der Waals surface area contributed by atoms with Gasteiger partial charge in [0.1, 0.15) is 19.8 Å². The van der Waals surface area contributed by atoms with Gasteiger partial charge in [0, 0.05) is 0 Å². The zero-order valence-corrected chi connectivity index (χ0v) is 12.7. The Labute approximate surface area is 129 Å². The second-order valence-corrected chi connectivity index (χ2v) is 3.84. The van der Waals surface area contributed by atoms with Crippen molar-refractivity contribution in [2.24, 2.45) is 0 Å². The topological polar surface area (TPSA) is 98.2 Å². The van der Waals surface area contributed by atoms with Crippen molar-refractivity contribution in [3.05, 3.63) is 25.3 Å². The van der Waals surface area contributed by atoms with Gasteiger partial charge < -0.3 is 18.9 Å². The molecule has 0 saturated heterocycles. The molecule has 0 aliphatic carbocycles. The molecule has 1 amide bonds. The Balaban J connectivity index is 4.35. The summed E-state index contributed by atoms with van der Waals surface area (Å²) >= 11 is 0. The van der Waals surface area contributed by atoms with Gasteiger partial charge in [-0.25, -0.2) is 9.59 Å². The van der Waals surface area contributed by atoms with E-state index in [0.717, 1.165) is 0 Å². The monoisotopic (exact) mass is 314 g/mol. The van der Waals surface area contributed by atoms with E-state index in [1.54, 1.807) is 6.92 Å². The van der Waals surface area contributed by atoms with Gasteiger partial charge in [0.15, 0.2) is 0 Å². The maximum Gasteiger partial charge on any atom is 0.508 e. The van der Waals surface area contributed by atoms with E-state index in [4.69, 9.17) is 19.6 Å². The molecule has 1 N–H and O–H groups in total. The number of carbonyl (C=O) groups is 2. The lowest BCUT2D eigenvalue weighted by Gasteiger charge is -2.21. The highest BCUT2D eigenvalue weighted by Crippen LogP contribution is 1.98. The van der Waals surface area contributed by atoms with Gasteiger partial charge in [-0.2, -0.15) is 0 Å². The minimum atomic E-state index is -0.862. The standard InChI is InChI=1S/C14H22N2O6/c1-4-8-20-13(17)16(11-12(15)19-6-3)7-10-22-14(18)21-9-5-2/h4-5,15H,1-2,6-11H2,3H3. The lowest BCUT2D eigenvalue weighted by molar-refractivity contribution is 0.0526. The molecule has 0 aliphatic rings. The van der Waals surface area contributed by atoms with E-state index in [-0.39, 0.29) is 38.8 Å². The molecule has 0 radical (unpaired) electrons. The number of ether oxygens (including phenoxy) is 4. The van der Waals surface area contributed by atoms with Crippen LogP contribution in [0, 0.1) is 5.41 Å². The van der Waals surface area contributed by atoms with E-state index in [1.165, 1.54) is 17.1 Å². The van der Waals surface area contributed by atoms with Crippen LogP contribution in [0.1, 0.15) is 6.92 Å². The summed E-state index contributed by atoms with van der Waals surface area (Å²) in [7, 11) is 0. The first-order valence-corrected chi connectivity index (χ1v) is 6.68. The zero-order chi connectivity index (χ0) is 16.8. The van der Waals surface area contributed by atoms with Crippen molar-refractivity contribution in [3.63, 3.8) is 0 Å². The third-order valence-electron chi connectivity index (χ3n) is 2.14. The van der Waals surface area contributed by atoms with Crippen molar-refractivity contribution in [1.29, 1.82) is 5.41 Å². The number of hydrogen-bond acceptors (Lipinski definition) is 7. The smallest absolute Gasteiger partial charge is 0.480 e. The fourth-order valence-corrected chi connectivity index (χ4v) is 1.26. The molecule has 0 rings (SSSR count). The number of carbonyl (C=O) groups excluding carboxylic acids is 2. The van der Waals surface area contributed by atoms with Gasteiger partial charge in [0.05, 0.1) is 19.7 Å². The number of amides is 1. The fraction of sp³-hybridized carbons (Fsp3) is 0.500. The van der Waals surface area contributed by atoms with Crippen LogP contribution in [-0.2, 0) is 18.9 Å². The van der Waals surface area contributed by atoms with Crippen LogP contribution in [0.4, 0.5) is 9.59 Å². The Morgan fingerprint density at radius 2 is 1.73 bits per heavy atom. The fourth-order valence-electron chi connectivity index (χ4n) is 1.26. The maximum atomic E-state index is 11.8. The summed E-state index contributed by atoms with van der Waals surface area (Å²) in [6, 6.07) is 0. The lowest BCUT2D eigenvalue weighted by atomic mass is 10.5. The van der Waals surface area contributed by atoms with Crippen molar-refractivity contribution in [1.82, 2.24) is 4.90 Å². The summed E-state index contributed by atoms with van der Waals surface area (Å²) in [6.07, 6.45) is 1.31.